The second-order valence-electron chi connectivity index (χ2n) is 2.74. The van der Waals surface area contributed by atoms with E-state index in [1.54, 1.807) is 6.08 Å². The van der Waals surface area contributed by atoms with Crippen molar-refractivity contribution < 1.29 is 4.79 Å². The first-order valence-electron chi connectivity index (χ1n) is 3.79. The molecule has 1 heteroatoms. The Bertz CT molecular complexity index is 127. The Morgan fingerprint density at radius 2 is 2.10 bits per heavy atom. The minimum Gasteiger partial charge on any atom is -0.299 e. The summed E-state index contributed by atoms with van der Waals surface area (Å²) < 4.78 is 0. The van der Waals surface area contributed by atoms with Crippen LogP contribution in [0.1, 0.15) is 27.2 Å². The quantitative estimate of drug-likeness (QED) is 0.548. The Morgan fingerprint density at radius 1 is 1.60 bits per heavy atom. The molecule has 0 saturated carbocycles. The molecule has 0 rings (SSSR count). The van der Waals surface area contributed by atoms with Crippen LogP contribution < -0.4 is 0 Å². The van der Waals surface area contributed by atoms with Crippen molar-refractivity contribution in [3.8, 4) is 0 Å². The van der Waals surface area contributed by atoms with Crippen LogP contribution in [0.4, 0.5) is 0 Å². The van der Waals surface area contributed by atoms with Crippen molar-refractivity contribution in [1.82, 2.24) is 0 Å². The van der Waals surface area contributed by atoms with E-state index in [-0.39, 0.29) is 11.8 Å². The number of carbonyl (C=O) groups is 1. The number of rotatable bonds is 4. The van der Waals surface area contributed by atoms with Crippen LogP contribution >= 0.6 is 0 Å². The topological polar surface area (TPSA) is 17.1 Å². The summed E-state index contributed by atoms with van der Waals surface area (Å²) in [7, 11) is 0. The van der Waals surface area contributed by atoms with Gasteiger partial charge in [0.25, 0.3) is 0 Å². The molecular weight excluding hydrogens is 124 g/mol. The summed E-state index contributed by atoms with van der Waals surface area (Å²) in [5.41, 5.74) is 0. The molecule has 0 saturated heterocycles. The summed E-state index contributed by atoms with van der Waals surface area (Å²) in [6.45, 7) is 9.45. The lowest BCUT2D eigenvalue weighted by Crippen LogP contribution is -2.16. The predicted octanol–water partition coefficient (Wildman–Crippen LogP) is 2.42. The van der Waals surface area contributed by atoms with E-state index in [2.05, 4.69) is 6.58 Å². The summed E-state index contributed by atoms with van der Waals surface area (Å²) in [5.74, 6) is 0.514. The minimum absolute atomic E-state index is 0.0231. The van der Waals surface area contributed by atoms with Crippen molar-refractivity contribution >= 4 is 5.78 Å². The van der Waals surface area contributed by atoms with Crippen LogP contribution in [0.3, 0.4) is 0 Å². The Morgan fingerprint density at radius 3 is 2.40 bits per heavy atom. The highest BCUT2D eigenvalue weighted by Gasteiger charge is 2.14. The molecule has 0 heterocycles. The van der Waals surface area contributed by atoms with E-state index in [1.165, 1.54) is 0 Å². The van der Waals surface area contributed by atoms with Gasteiger partial charge >= 0.3 is 0 Å². The van der Waals surface area contributed by atoms with Gasteiger partial charge in [0.1, 0.15) is 5.78 Å². The number of carbonyl (C=O) groups excluding carboxylic acids is 1. The lowest BCUT2D eigenvalue weighted by molar-refractivity contribution is -0.124. The maximum Gasteiger partial charge on any atom is 0.142 e. The normalized spacial score (nSPS) is 15.9. The zero-order chi connectivity index (χ0) is 8.15. The Balaban J connectivity index is 3.93. The molecule has 0 aromatic carbocycles. The number of allylic oxidation sites excluding steroid dienone is 1. The highest BCUT2D eigenvalue weighted by atomic mass is 16.1. The third-order valence-corrected chi connectivity index (χ3v) is 1.90. The molecule has 2 unspecified atom stereocenters. The molecule has 0 radical (unpaired) electrons. The fourth-order valence-electron chi connectivity index (χ4n) is 0.766. The standard InChI is InChI=1S/C9H16O/c1-5-7(3)9(10)8(4)6-2/h5,7-8H,1,6H2,2-4H3. The van der Waals surface area contributed by atoms with Gasteiger partial charge in [-0.05, 0) is 6.42 Å². The molecule has 58 valence electrons. The smallest absolute Gasteiger partial charge is 0.142 e. The third kappa shape index (κ3) is 2.34. The molecule has 0 fully saturated rings. The molecule has 0 aromatic rings. The van der Waals surface area contributed by atoms with Gasteiger partial charge in [-0.3, -0.25) is 4.79 Å². The number of Topliss-reactive ketones (excluding diaryl/α,β-unsaturated/α-hetero) is 1. The van der Waals surface area contributed by atoms with Crippen molar-refractivity contribution in [1.29, 1.82) is 0 Å². The first kappa shape index (κ1) is 9.41. The zero-order valence-electron chi connectivity index (χ0n) is 7.05. The first-order chi connectivity index (χ1) is 4.63. The maximum absolute atomic E-state index is 11.2. The van der Waals surface area contributed by atoms with Crippen LogP contribution in [0.2, 0.25) is 0 Å². The van der Waals surface area contributed by atoms with E-state index in [1.807, 2.05) is 20.8 Å². The van der Waals surface area contributed by atoms with E-state index in [9.17, 15) is 4.79 Å². The highest BCUT2D eigenvalue weighted by Crippen LogP contribution is 2.10. The van der Waals surface area contributed by atoms with Crippen LogP contribution in [0.25, 0.3) is 0 Å². The fraction of sp³-hybridized carbons (Fsp3) is 0.667. The van der Waals surface area contributed by atoms with Gasteiger partial charge in [0.2, 0.25) is 0 Å². The van der Waals surface area contributed by atoms with Crippen molar-refractivity contribution in [2.24, 2.45) is 11.8 Å². The maximum atomic E-state index is 11.2. The predicted molar refractivity (Wildman–Crippen MR) is 43.8 cm³/mol. The molecule has 0 aliphatic carbocycles. The fourth-order valence-corrected chi connectivity index (χ4v) is 0.766. The van der Waals surface area contributed by atoms with Gasteiger partial charge in [0, 0.05) is 11.8 Å². The van der Waals surface area contributed by atoms with Crippen molar-refractivity contribution in [3.05, 3.63) is 12.7 Å². The minimum atomic E-state index is 0.0231. The van der Waals surface area contributed by atoms with Gasteiger partial charge in [-0.15, -0.1) is 6.58 Å². The van der Waals surface area contributed by atoms with E-state index in [0.29, 0.717) is 5.78 Å². The average molecular weight is 140 g/mol. The third-order valence-electron chi connectivity index (χ3n) is 1.90. The lowest BCUT2D eigenvalue weighted by Gasteiger charge is -2.09. The highest BCUT2D eigenvalue weighted by molar-refractivity contribution is 5.84. The average Bonchev–Trinajstić information content (AvgIpc) is 2.00. The van der Waals surface area contributed by atoms with E-state index < -0.39 is 0 Å². The van der Waals surface area contributed by atoms with Crippen LogP contribution in [-0.2, 0) is 4.79 Å². The summed E-state index contributed by atoms with van der Waals surface area (Å²) in [5, 5.41) is 0. The molecule has 10 heavy (non-hydrogen) atoms. The molecule has 0 bridgehead atoms. The molecule has 0 amide bonds. The number of hydrogen-bond acceptors (Lipinski definition) is 1. The summed E-state index contributed by atoms with van der Waals surface area (Å²) in [6.07, 6.45) is 2.63. The molecule has 0 aromatic heterocycles. The van der Waals surface area contributed by atoms with Crippen LogP contribution in [0.5, 0.6) is 0 Å². The van der Waals surface area contributed by atoms with E-state index in [4.69, 9.17) is 0 Å². The van der Waals surface area contributed by atoms with Gasteiger partial charge < -0.3 is 0 Å². The SMILES string of the molecule is C=CC(C)C(=O)C(C)CC. The van der Waals surface area contributed by atoms with Crippen molar-refractivity contribution in [2.45, 2.75) is 27.2 Å². The Labute approximate surface area is 63.1 Å². The summed E-state index contributed by atoms with van der Waals surface area (Å²) in [6, 6.07) is 0. The van der Waals surface area contributed by atoms with Crippen molar-refractivity contribution in [2.75, 3.05) is 0 Å². The van der Waals surface area contributed by atoms with Gasteiger partial charge in [-0.2, -0.15) is 0 Å². The van der Waals surface area contributed by atoms with Crippen LogP contribution in [0.15, 0.2) is 12.7 Å². The number of hydrogen-bond donors (Lipinski definition) is 0. The molecule has 0 spiro atoms. The monoisotopic (exact) mass is 140 g/mol. The molecule has 0 aliphatic heterocycles. The van der Waals surface area contributed by atoms with Gasteiger partial charge in [-0.1, -0.05) is 26.8 Å². The van der Waals surface area contributed by atoms with E-state index in [0.717, 1.165) is 6.42 Å². The zero-order valence-corrected chi connectivity index (χ0v) is 7.05. The van der Waals surface area contributed by atoms with Gasteiger partial charge in [0.05, 0.1) is 0 Å². The summed E-state index contributed by atoms with van der Waals surface area (Å²) in [4.78, 5) is 11.2. The van der Waals surface area contributed by atoms with Crippen LogP contribution in [0, 0.1) is 11.8 Å². The molecule has 2 atom stereocenters. The Hall–Kier alpha value is -0.590. The van der Waals surface area contributed by atoms with Crippen LogP contribution in [-0.4, -0.2) is 5.78 Å². The summed E-state index contributed by atoms with van der Waals surface area (Å²) >= 11 is 0. The molecule has 0 N–H and O–H groups in total. The lowest BCUT2D eigenvalue weighted by atomic mass is 9.94. The van der Waals surface area contributed by atoms with E-state index >= 15 is 0 Å². The molecular formula is C9H16O. The second kappa shape index (κ2) is 4.26. The van der Waals surface area contributed by atoms with Gasteiger partial charge in [-0.25, -0.2) is 0 Å². The largest absolute Gasteiger partial charge is 0.299 e. The first-order valence-corrected chi connectivity index (χ1v) is 3.79. The number of ketones is 1. The molecule has 0 aliphatic rings. The molecule has 1 nitrogen and oxygen atoms in total. The van der Waals surface area contributed by atoms with Crippen molar-refractivity contribution in [3.63, 3.8) is 0 Å². The Kier molecular flexibility index (Phi) is 4.01. The second-order valence-corrected chi connectivity index (χ2v) is 2.74. The van der Waals surface area contributed by atoms with Gasteiger partial charge in [0.15, 0.2) is 0 Å².